The lowest BCUT2D eigenvalue weighted by atomic mass is 10.1. The zero-order chi connectivity index (χ0) is 13.0. The van der Waals surface area contributed by atoms with E-state index >= 15 is 0 Å². The Balaban J connectivity index is 2.55. The Morgan fingerprint density at radius 1 is 1.65 bits per heavy atom. The second-order valence-corrected chi connectivity index (χ2v) is 4.90. The minimum absolute atomic E-state index is 0.0989. The van der Waals surface area contributed by atoms with Crippen molar-refractivity contribution < 1.29 is 19.5 Å². The maximum atomic E-state index is 11.7. The zero-order valence-electron chi connectivity index (χ0n) is 9.03. The number of carbonyl (C=O) groups excluding carboxylic acids is 2. The molecule has 94 valence electrons. The third kappa shape index (κ3) is 4.18. The molecule has 1 saturated heterocycles. The van der Waals surface area contributed by atoms with Crippen LogP contribution in [0.1, 0.15) is 19.3 Å². The third-order valence-electron chi connectivity index (χ3n) is 2.35. The number of nitrogens with one attached hydrogen (secondary N) is 2. The van der Waals surface area contributed by atoms with E-state index in [0.29, 0.717) is 17.3 Å². The smallest absolute Gasteiger partial charge is 0.326 e. The van der Waals surface area contributed by atoms with Crippen LogP contribution in [0, 0.1) is 0 Å². The first-order valence-electron chi connectivity index (χ1n) is 5.06. The summed E-state index contributed by atoms with van der Waals surface area (Å²) in [6.07, 6.45) is 0.787. The Morgan fingerprint density at radius 2 is 2.29 bits per heavy atom. The van der Waals surface area contributed by atoms with Crippen LogP contribution in [0.2, 0.25) is 0 Å². The lowest BCUT2D eigenvalue weighted by Gasteiger charge is -2.16. The van der Waals surface area contributed by atoms with E-state index in [2.05, 4.69) is 33.1 Å². The van der Waals surface area contributed by atoms with Crippen LogP contribution in [0.4, 0.5) is 0 Å². The van der Waals surface area contributed by atoms with Crippen molar-refractivity contribution in [2.75, 3.05) is 0 Å². The van der Waals surface area contributed by atoms with E-state index in [1.165, 1.54) is 0 Å². The van der Waals surface area contributed by atoms with Crippen molar-refractivity contribution in [2.24, 2.45) is 0 Å². The summed E-state index contributed by atoms with van der Waals surface area (Å²) >= 11 is 3.05. The normalized spacial score (nSPS) is 20.5. The Kier molecular flexibility index (Phi) is 4.68. The zero-order valence-corrected chi connectivity index (χ0v) is 10.6. The number of hydrogen-bond donors (Lipinski definition) is 3. The summed E-state index contributed by atoms with van der Waals surface area (Å²) in [6.45, 7) is 3.53. The van der Waals surface area contributed by atoms with Crippen LogP contribution in [-0.4, -0.2) is 35.0 Å². The molecule has 0 radical (unpaired) electrons. The van der Waals surface area contributed by atoms with Gasteiger partial charge in [0.25, 0.3) is 0 Å². The van der Waals surface area contributed by atoms with E-state index in [0.717, 1.165) is 0 Å². The maximum Gasteiger partial charge on any atom is 0.326 e. The quantitative estimate of drug-likeness (QED) is 0.673. The molecule has 0 spiro atoms. The summed E-state index contributed by atoms with van der Waals surface area (Å²) in [5, 5.41) is 13.7. The molecule has 1 fully saturated rings. The van der Waals surface area contributed by atoms with Gasteiger partial charge in [-0.2, -0.15) is 0 Å². The van der Waals surface area contributed by atoms with E-state index in [9.17, 15) is 14.4 Å². The summed E-state index contributed by atoms with van der Waals surface area (Å²) in [7, 11) is 0. The highest BCUT2D eigenvalue weighted by Gasteiger charge is 2.30. The van der Waals surface area contributed by atoms with Gasteiger partial charge in [0.1, 0.15) is 12.1 Å². The minimum Gasteiger partial charge on any atom is -0.480 e. The van der Waals surface area contributed by atoms with Crippen molar-refractivity contribution in [1.82, 2.24) is 10.6 Å². The molecule has 7 heteroatoms. The first-order chi connectivity index (χ1) is 7.90. The summed E-state index contributed by atoms with van der Waals surface area (Å²) in [5.74, 6) is -1.80. The molecule has 1 rings (SSSR count). The van der Waals surface area contributed by atoms with E-state index < -0.39 is 24.0 Å². The Morgan fingerprint density at radius 3 is 2.71 bits per heavy atom. The fraction of sp³-hybridized carbons (Fsp3) is 0.500. The van der Waals surface area contributed by atoms with Gasteiger partial charge < -0.3 is 15.7 Å². The van der Waals surface area contributed by atoms with Crippen molar-refractivity contribution in [3.05, 3.63) is 11.1 Å². The molecule has 0 bridgehead atoms. The fourth-order valence-corrected chi connectivity index (χ4v) is 1.83. The van der Waals surface area contributed by atoms with Gasteiger partial charge in [-0.3, -0.25) is 9.59 Å². The molecule has 6 nitrogen and oxygen atoms in total. The number of hydrogen-bond acceptors (Lipinski definition) is 3. The van der Waals surface area contributed by atoms with Crippen LogP contribution >= 0.6 is 15.9 Å². The Bertz CT molecular complexity index is 369. The molecule has 17 heavy (non-hydrogen) atoms. The number of carboxylic acid groups (broad SMARTS) is 1. The highest BCUT2D eigenvalue weighted by atomic mass is 79.9. The molecule has 0 aromatic carbocycles. The number of carboxylic acids is 1. The van der Waals surface area contributed by atoms with E-state index in [4.69, 9.17) is 5.11 Å². The van der Waals surface area contributed by atoms with Crippen LogP contribution in [-0.2, 0) is 14.4 Å². The lowest BCUT2D eigenvalue weighted by Crippen LogP contribution is -2.48. The molecule has 0 aromatic heterocycles. The topological polar surface area (TPSA) is 95.5 Å². The average molecular weight is 305 g/mol. The number of amides is 2. The molecule has 0 aliphatic carbocycles. The van der Waals surface area contributed by atoms with Crippen LogP contribution < -0.4 is 10.6 Å². The Labute approximate surface area is 107 Å². The monoisotopic (exact) mass is 304 g/mol. The molecule has 0 unspecified atom stereocenters. The van der Waals surface area contributed by atoms with Crippen molar-refractivity contribution in [3.8, 4) is 0 Å². The predicted molar refractivity (Wildman–Crippen MR) is 63.4 cm³/mol. The molecule has 3 N–H and O–H groups in total. The highest BCUT2D eigenvalue weighted by Crippen LogP contribution is 2.12. The van der Waals surface area contributed by atoms with Gasteiger partial charge in [-0.15, -0.1) is 0 Å². The molecule has 2 atom stereocenters. The van der Waals surface area contributed by atoms with Gasteiger partial charge in [-0.05, 0) is 10.9 Å². The van der Waals surface area contributed by atoms with Crippen LogP contribution in [0.3, 0.4) is 0 Å². The van der Waals surface area contributed by atoms with Crippen molar-refractivity contribution in [1.29, 1.82) is 0 Å². The van der Waals surface area contributed by atoms with Gasteiger partial charge in [0.2, 0.25) is 11.8 Å². The molecular formula is C10H13BrN2O4. The summed E-state index contributed by atoms with van der Waals surface area (Å²) in [4.78, 5) is 33.5. The first-order valence-corrected chi connectivity index (χ1v) is 5.85. The maximum absolute atomic E-state index is 11.7. The van der Waals surface area contributed by atoms with Gasteiger partial charge in [-0.1, -0.05) is 22.5 Å². The van der Waals surface area contributed by atoms with Crippen LogP contribution in [0.5, 0.6) is 0 Å². The molecule has 1 heterocycles. The van der Waals surface area contributed by atoms with Crippen molar-refractivity contribution >= 4 is 33.7 Å². The second kappa shape index (κ2) is 5.81. The average Bonchev–Trinajstić information content (AvgIpc) is 2.63. The number of aliphatic carboxylic acids is 1. The largest absolute Gasteiger partial charge is 0.480 e. The van der Waals surface area contributed by atoms with Gasteiger partial charge in [-0.25, -0.2) is 4.79 Å². The molecule has 2 amide bonds. The highest BCUT2D eigenvalue weighted by molar-refractivity contribution is 9.11. The van der Waals surface area contributed by atoms with Crippen LogP contribution in [0.25, 0.3) is 0 Å². The van der Waals surface area contributed by atoms with Crippen LogP contribution in [0.15, 0.2) is 11.1 Å². The first kappa shape index (κ1) is 13.7. The molecule has 0 saturated carbocycles. The van der Waals surface area contributed by atoms with Gasteiger partial charge in [0.15, 0.2) is 0 Å². The molecular weight excluding hydrogens is 292 g/mol. The van der Waals surface area contributed by atoms with E-state index in [1.807, 2.05) is 0 Å². The van der Waals surface area contributed by atoms with Gasteiger partial charge in [0.05, 0.1) is 0 Å². The summed E-state index contributed by atoms with van der Waals surface area (Å²) in [6, 6.07) is -1.67. The summed E-state index contributed by atoms with van der Waals surface area (Å²) < 4.78 is 0.487. The number of halogens is 1. The molecule has 0 aromatic rings. The van der Waals surface area contributed by atoms with Gasteiger partial charge in [0, 0.05) is 12.8 Å². The summed E-state index contributed by atoms with van der Waals surface area (Å²) in [5.41, 5.74) is 0. The standard InChI is InChI=1S/C10H13BrN2O4/c1-5(11)4-7(10(16)17)13-9(15)6-2-3-8(14)12-6/h6-7H,1-4H2,(H,12,14)(H,13,15)(H,16,17)/t6-,7-/m1/s1. The fourth-order valence-electron chi connectivity index (χ4n) is 1.50. The number of rotatable bonds is 5. The Hall–Kier alpha value is -1.37. The van der Waals surface area contributed by atoms with E-state index in [-0.39, 0.29) is 12.3 Å². The predicted octanol–water partition coefficient (Wildman–Crippen LogP) is 0.133. The third-order valence-corrected chi connectivity index (χ3v) is 2.68. The minimum atomic E-state index is -1.14. The second-order valence-electron chi connectivity index (χ2n) is 3.78. The SMILES string of the molecule is C=C(Br)C[C@@H](NC(=O)[C@H]1CCC(=O)N1)C(=O)O. The lowest BCUT2D eigenvalue weighted by molar-refractivity contribution is -0.142. The van der Waals surface area contributed by atoms with Crippen molar-refractivity contribution in [2.45, 2.75) is 31.3 Å². The van der Waals surface area contributed by atoms with Crippen molar-refractivity contribution in [3.63, 3.8) is 0 Å². The molecule has 1 aliphatic rings. The van der Waals surface area contributed by atoms with Gasteiger partial charge >= 0.3 is 5.97 Å². The number of carbonyl (C=O) groups is 3. The van der Waals surface area contributed by atoms with E-state index in [1.54, 1.807) is 0 Å². The molecule has 1 aliphatic heterocycles.